The van der Waals surface area contributed by atoms with Crippen molar-refractivity contribution in [2.24, 2.45) is 5.92 Å². The van der Waals surface area contributed by atoms with Crippen LogP contribution in [0.1, 0.15) is 18.4 Å². The maximum Gasteiger partial charge on any atom is 0.417 e. The van der Waals surface area contributed by atoms with E-state index < -0.39 is 38.5 Å². The lowest BCUT2D eigenvalue weighted by molar-refractivity contribution is -0.143. The normalized spacial score (nSPS) is 19.9. The lowest BCUT2D eigenvalue weighted by Crippen LogP contribution is -2.42. The first kappa shape index (κ1) is 18.5. The first-order chi connectivity index (χ1) is 11.1. The minimum Gasteiger partial charge on any atom is -0.497 e. The number of carboxylic acid groups (broad SMARTS) is 1. The second-order valence-corrected chi connectivity index (χ2v) is 7.31. The average Bonchev–Trinajstić information content (AvgIpc) is 2.53. The molecule has 1 N–H and O–H groups in total. The van der Waals surface area contributed by atoms with E-state index in [2.05, 4.69) is 0 Å². The molecule has 0 spiro atoms. The summed E-state index contributed by atoms with van der Waals surface area (Å²) in [6.07, 6.45) is -4.33. The van der Waals surface area contributed by atoms with E-state index >= 15 is 0 Å². The SMILES string of the molecule is COc1ccc(S(=O)(=O)N2CCC[C@H](C(=O)O)C2)c(C(F)(F)F)c1. The van der Waals surface area contributed by atoms with Crippen LogP contribution in [0.2, 0.25) is 0 Å². The molecule has 0 aromatic heterocycles. The maximum atomic E-state index is 13.2. The summed E-state index contributed by atoms with van der Waals surface area (Å²) in [5, 5.41) is 9.03. The monoisotopic (exact) mass is 367 g/mol. The predicted molar refractivity (Wildman–Crippen MR) is 77.1 cm³/mol. The molecular formula is C14H16F3NO5S. The van der Waals surface area contributed by atoms with Crippen LogP contribution in [-0.4, -0.2) is 44.0 Å². The number of ether oxygens (including phenoxy) is 1. The third-order valence-corrected chi connectivity index (χ3v) is 5.77. The smallest absolute Gasteiger partial charge is 0.417 e. The van der Waals surface area contributed by atoms with Gasteiger partial charge in [0.05, 0.1) is 23.5 Å². The molecule has 0 radical (unpaired) electrons. The summed E-state index contributed by atoms with van der Waals surface area (Å²) in [5.74, 6) is -2.22. The van der Waals surface area contributed by atoms with Crippen molar-refractivity contribution in [3.05, 3.63) is 23.8 Å². The lowest BCUT2D eigenvalue weighted by Gasteiger charge is -2.30. The van der Waals surface area contributed by atoms with Crippen molar-refractivity contribution in [3.63, 3.8) is 0 Å². The Morgan fingerprint density at radius 2 is 2.04 bits per heavy atom. The minimum absolute atomic E-state index is 0.0184. The summed E-state index contributed by atoms with van der Waals surface area (Å²) >= 11 is 0. The zero-order valence-electron chi connectivity index (χ0n) is 12.7. The zero-order chi connectivity index (χ0) is 18.1. The van der Waals surface area contributed by atoms with Gasteiger partial charge in [-0.15, -0.1) is 0 Å². The predicted octanol–water partition coefficient (Wildman–Crippen LogP) is 2.20. The molecule has 0 aliphatic carbocycles. The first-order valence-corrected chi connectivity index (χ1v) is 8.49. The number of nitrogens with zero attached hydrogens (tertiary/aromatic N) is 1. The number of piperidine rings is 1. The van der Waals surface area contributed by atoms with E-state index in [0.29, 0.717) is 6.07 Å². The molecule has 1 aromatic rings. The second kappa shape index (κ2) is 6.60. The number of carbonyl (C=O) groups is 1. The molecule has 24 heavy (non-hydrogen) atoms. The molecule has 1 saturated heterocycles. The van der Waals surface area contributed by atoms with Crippen molar-refractivity contribution in [1.82, 2.24) is 4.31 Å². The molecule has 0 amide bonds. The maximum absolute atomic E-state index is 13.2. The molecule has 0 saturated carbocycles. The molecule has 6 nitrogen and oxygen atoms in total. The first-order valence-electron chi connectivity index (χ1n) is 7.05. The highest BCUT2D eigenvalue weighted by Gasteiger charge is 2.41. The Morgan fingerprint density at radius 3 is 2.58 bits per heavy atom. The molecule has 10 heteroatoms. The molecule has 0 unspecified atom stereocenters. The van der Waals surface area contributed by atoms with Crippen LogP contribution in [0.5, 0.6) is 5.75 Å². The molecule has 1 fully saturated rings. The van der Waals surface area contributed by atoms with E-state index in [4.69, 9.17) is 9.84 Å². The van der Waals surface area contributed by atoms with Gasteiger partial charge >= 0.3 is 12.1 Å². The number of sulfonamides is 1. The third-order valence-electron chi connectivity index (χ3n) is 3.84. The highest BCUT2D eigenvalue weighted by molar-refractivity contribution is 7.89. The van der Waals surface area contributed by atoms with Crippen molar-refractivity contribution >= 4 is 16.0 Å². The van der Waals surface area contributed by atoms with Gasteiger partial charge in [0.25, 0.3) is 0 Å². The molecule has 2 rings (SSSR count). The summed E-state index contributed by atoms with van der Waals surface area (Å²) in [7, 11) is -3.30. The quantitative estimate of drug-likeness (QED) is 0.882. The van der Waals surface area contributed by atoms with Crippen LogP contribution in [0, 0.1) is 5.92 Å². The fourth-order valence-electron chi connectivity index (χ4n) is 2.58. The molecule has 1 aliphatic heterocycles. The Bertz CT molecular complexity index is 732. The molecule has 1 heterocycles. The van der Waals surface area contributed by atoms with E-state index in [-0.39, 0.29) is 31.7 Å². The Morgan fingerprint density at radius 1 is 1.38 bits per heavy atom. The summed E-state index contributed by atoms with van der Waals surface area (Å²) in [5.41, 5.74) is -1.33. The molecular weight excluding hydrogens is 351 g/mol. The van der Waals surface area contributed by atoms with Gasteiger partial charge < -0.3 is 9.84 Å². The molecule has 134 valence electrons. The van der Waals surface area contributed by atoms with Crippen LogP contribution < -0.4 is 4.74 Å². The Kier molecular flexibility index (Phi) is 5.09. The number of hydrogen-bond donors (Lipinski definition) is 1. The van der Waals surface area contributed by atoms with Gasteiger partial charge in [-0.2, -0.15) is 17.5 Å². The van der Waals surface area contributed by atoms with Crippen LogP contribution >= 0.6 is 0 Å². The van der Waals surface area contributed by atoms with Crippen molar-refractivity contribution < 1.29 is 36.2 Å². The van der Waals surface area contributed by atoms with Gasteiger partial charge in [0.15, 0.2) is 0 Å². The standard InChI is InChI=1S/C14H16F3NO5S/c1-23-10-4-5-12(11(7-10)14(15,16)17)24(21,22)18-6-2-3-9(8-18)13(19)20/h4-5,7,9H,2-3,6,8H2,1H3,(H,19,20)/t9-/m0/s1. The number of halogens is 3. The van der Waals surface area contributed by atoms with E-state index in [1.165, 1.54) is 7.11 Å². The largest absolute Gasteiger partial charge is 0.497 e. The number of benzene rings is 1. The lowest BCUT2D eigenvalue weighted by atomic mass is 10.0. The van der Waals surface area contributed by atoms with Crippen LogP contribution in [0.3, 0.4) is 0 Å². The van der Waals surface area contributed by atoms with Crippen molar-refractivity contribution in [1.29, 1.82) is 0 Å². The summed E-state index contributed by atoms with van der Waals surface area (Å²) in [6.45, 7) is -0.365. The number of methoxy groups -OCH3 is 1. The number of aliphatic carboxylic acids is 1. The number of hydrogen-bond acceptors (Lipinski definition) is 4. The van der Waals surface area contributed by atoms with E-state index in [1.807, 2.05) is 0 Å². The van der Waals surface area contributed by atoms with Crippen molar-refractivity contribution in [2.75, 3.05) is 20.2 Å². The second-order valence-electron chi connectivity index (χ2n) is 5.40. The van der Waals surface area contributed by atoms with Crippen molar-refractivity contribution in [2.45, 2.75) is 23.9 Å². The van der Waals surface area contributed by atoms with E-state index in [0.717, 1.165) is 16.4 Å². The third kappa shape index (κ3) is 3.64. The summed E-state index contributed by atoms with van der Waals surface area (Å²) < 4.78 is 70.5. The van der Waals surface area contributed by atoms with Crippen LogP contribution in [-0.2, 0) is 21.0 Å². The minimum atomic E-state index is -4.89. The van der Waals surface area contributed by atoms with Gasteiger partial charge in [-0.1, -0.05) is 0 Å². The highest BCUT2D eigenvalue weighted by atomic mass is 32.2. The zero-order valence-corrected chi connectivity index (χ0v) is 13.5. The number of rotatable bonds is 4. The van der Waals surface area contributed by atoms with Crippen LogP contribution in [0.25, 0.3) is 0 Å². The van der Waals surface area contributed by atoms with Crippen LogP contribution in [0.4, 0.5) is 13.2 Å². The Labute approximate surface area is 136 Å². The summed E-state index contributed by atoms with van der Waals surface area (Å²) in [6, 6.07) is 2.58. The molecule has 1 aromatic carbocycles. The van der Waals surface area contributed by atoms with Gasteiger partial charge in [-0.05, 0) is 31.0 Å². The topological polar surface area (TPSA) is 83.9 Å². The summed E-state index contributed by atoms with van der Waals surface area (Å²) in [4.78, 5) is 10.2. The highest BCUT2D eigenvalue weighted by Crippen LogP contribution is 2.38. The van der Waals surface area contributed by atoms with E-state index in [1.54, 1.807) is 0 Å². The Balaban J connectivity index is 2.47. The Hall–Kier alpha value is -1.81. The van der Waals surface area contributed by atoms with Gasteiger partial charge in [-0.3, -0.25) is 4.79 Å². The fraction of sp³-hybridized carbons (Fsp3) is 0.500. The van der Waals surface area contributed by atoms with Gasteiger partial charge in [0.2, 0.25) is 10.0 Å². The van der Waals surface area contributed by atoms with E-state index in [9.17, 15) is 26.4 Å². The molecule has 1 atom stereocenters. The molecule has 0 bridgehead atoms. The fourth-order valence-corrected chi connectivity index (χ4v) is 4.30. The van der Waals surface area contributed by atoms with Gasteiger partial charge in [-0.25, -0.2) is 8.42 Å². The van der Waals surface area contributed by atoms with Gasteiger partial charge in [0.1, 0.15) is 5.75 Å². The van der Waals surface area contributed by atoms with Crippen molar-refractivity contribution in [3.8, 4) is 5.75 Å². The van der Waals surface area contributed by atoms with Crippen LogP contribution in [0.15, 0.2) is 23.1 Å². The average molecular weight is 367 g/mol. The van der Waals surface area contributed by atoms with Gasteiger partial charge in [0, 0.05) is 13.1 Å². The number of alkyl halides is 3. The molecule has 1 aliphatic rings. The number of carboxylic acids is 1.